The number of rotatable bonds is 5. The van der Waals surface area contributed by atoms with Gasteiger partial charge in [-0.3, -0.25) is 4.90 Å². The van der Waals surface area contributed by atoms with Crippen LogP contribution < -0.4 is 5.32 Å². The molecule has 0 saturated heterocycles. The van der Waals surface area contributed by atoms with Gasteiger partial charge >= 0.3 is 0 Å². The van der Waals surface area contributed by atoms with Gasteiger partial charge in [0.2, 0.25) is 0 Å². The predicted molar refractivity (Wildman–Crippen MR) is 119 cm³/mol. The van der Waals surface area contributed by atoms with Crippen molar-refractivity contribution in [1.29, 1.82) is 0 Å². The lowest BCUT2D eigenvalue weighted by Gasteiger charge is -2.28. The first-order chi connectivity index (χ1) is 14.3. The summed E-state index contributed by atoms with van der Waals surface area (Å²) in [5.74, 6) is 0.842. The van der Waals surface area contributed by atoms with Crippen LogP contribution in [0.2, 0.25) is 0 Å². The van der Waals surface area contributed by atoms with Crippen molar-refractivity contribution in [3.8, 4) is 10.4 Å². The normalized spacial score (nSPS) is 13.8. The predicted octanol–water partition coefficient (Wildman–Crippen LogP) is 5.51. The second-order valence-electron chi connectivity index (χ2n) is 7.26. The minimum atomic E-state index is 0.842. The van der Waals surface area contributed by atoms with E-state index in [1.807, 2.05) is 30.5 Å². The van der Waals surface area contributed by atoms with Gasteiger partial charge in [0.1, 0.15) is 5.82 Å². The zero-order valence-electron chi connectivity index (χ0n) is 16.1. The van der Waals surface area contributed by atoms with E-state index < -0.39 is 0 Å². The maximum atomic E-state index is 4.81. The van der Waals surface area contributed by atoms with Crippen LogP contribution in [0.4, 0.5) is 10.9 Å². The lowest BCUT2D eigenvalue weighted by molar-refractivity contribution is 0.243. The molecule has 0 radical (unpaired) electrons. The molecule has 144 valence electrons. The van der Waals surface area contributed by atoms with Crippen LogP contribution in [0.1, 0.15) is 16.8 Å². The Bertz CT molecular complexity index is 1110. The van der Waals surface area contributed by atoms with Gasteiger partial charge in [-0.05, 0) is 35.2 Å². The molecule has 4 nitrogen and oxygen atoms in total. The molecule has 0 fully saturated rings. The Hall–Kier alpha value is -3.02. The second kappa shape index (κ2) is 8.15. The molecule has 0 spiro atoms. The highest BCUT2D eigenvalue weighted by atomic mass is 32.1. The highest BCUT2D eigenvalue weighted by molar-refractivity contribution is 7.18. The van der Waals surface area contributed by atoms with Gasteiger partial charge in [0, 0.05) is 25.8 Å². The first-order valence-corrected chi connectivity index (χ1v) is 10.7. The molecule has 2 aromatic heterocycles. The van der Waals surface area contributed by atoms with Crippen LogP contribution in [0.5, 0.6) is 0 Å². The number of nitrogens with one attached hydrogen (secondary N) is 1. The first-order valence-electron chi connectivity index (χ1n) is 9.87. The molecule has 5 heteroatoms. The number of hydrogen-bond donors (Lipinski definition) is 1. The summed E-state index contributed by atoms with van der Waals surface area (Å²) in [6.45, 7) is 2.92. The number of fused-ring (bicyclic) bond motifs is 1. The van der Waals surface area contributed by atoms with E-state index in [0.29, 0.717) is 0 Å². The van der Waals surface area contributed by atoms with Crippen LogP contribution in [0.3, 0.4) is 0 Å². The van der Waals surface area contributed by atoms with Crippen LogP contribution in [0.15, 0.2) is 79.0 Å². The van der Waals surface area contributed by atoms with Crippen molar-refractivity contribution >= 4 is 22.3 Å². The zero-order chi connectivity index (χ0) is 19.5. The molecule has 0 atom stereocenters. The van der Waals surface area contributed by atoms with Crippen LogP contribution in [0.25, 0.3) is 10.4 Å². The van der Waals surface area contributed by atoms with E-state index in [1.165, 1.54) is 16.7 Å². The topological polar surface area (TPSA) is 41.1 Å². The molecule has 4 aromatic rings. The molecule has 1 aliphatic rings. The third-order valence-electron chi connectivity index (χ3n) is 5.20. The van der Waals surface area contributed by atoms with Crippen molar-refractivity contribution in [2.45, 2.75) is 19.5 Å². The minimum Gasteiger partial charge on any atom is -0.316 e. The quantitative estimate of drug-likeness (QED) is 0.481. The van der Waals surface area contributed by atoms with Gasteiger partial charge in [0.05, 0.1) is 10.6 Å². The van der Waals surface area contributed by atoms with Gasteiger partial charge in [-0.15, -0.1) is 0 Å². The van der Waals surface area contributed by atoms with Gasteiger partial charge in [0.25, 0.3) is 0 Å². The molecule has 1 aliphatic heterocycles. The van der Waals surface area contributed by atoms with Gasteiger partial charge in [-0.1, -0.05) is 72.0 Å². The Kier molecular flexibility index (Phi) is 5.07. The molecule has 1 N–H and O–H groups in total. The molecule has 0 amide bonds. The van der Waals surface area contributed by atoms with Crippen molar-refractivity contribution in [2.24, 2.45) is 0 Å². The van der Waals surface area contributed by atoms with Gasteiger partial charge < -0.3 is 5.32 Å². The number of pyridine rings is 1. The van der Waals surface area contributed by atoms with E-state index in [0.717, 1.165) is 47.6 Å². The van der Waals surface area contributed by atoms with Crippen molar-refractivity contribution in [2.75, 3.05) is 11.9 Å². The van der Waals surface area contributed by atoms with E-state index in [2.05, 4.69) is 63.7 Å². The SMILES string of the molecule is c1ccc(-c2cnc(Nc3cccc(CN4CCc5ccccc5C4)n3)s2)cc1. The lowest BCUT2D eigenvalue weighted by atomic mass is 10.00. The molecule has 0 saturated carbocycles. The monoisotopic (exact) mass is 398 g/mol. The number of anilines is 2. The highest BCUT2D eigenvalue weighted by Gasteiger charge is 2.16. The summed E-state index contributed by atoms with van der Waals surface area (Å²) in [5, 5.41) is 4.23. The van der Waals surface area contributed by atoms with Gasteiger partial charge in [-0.2, -0.15) is 0 Å². The molecule has 2 aromatic carbocycles. The van der Waals surface area contributed by atoms with Gasteiger partial charge in [0.15, 0.2) is 5.13 Å². The summed E-state index contributed by atoms with van der Waals surface area (Å²) in [4.78, 5) is 12.9. The Balaban J connectivity index is 1.27. The molecule has 0 bridgehead atoms. The van der Waals surface area contributed by atoms with Crippen LogP contribution >= 0.6 is 11.3 Å². The standard InChI is InChI=1S/C24H22N4S/c1-2-8-19(9-3-1)22-15-25-24(29-22)27-23-12-6-11-21(26-23)17-28-14-13-18-7-4-5-10-20(18)16-28/h1-12,15H,13-14,16-17H2,(H,25,26,27). The number of nitrogens with zero attached hydrogens (tertiary/aromatic N) is 3. The second-order valence-corrected chi connectivity index (χ2v) is 8.29. The highest BCUT2D eigenvalue weighted by Crippen LogP contribution is 2.30. The zero-order valence-corrected chi connectivity index (χ0v) is 16.9. The maximum absolute atomic E-state index is 4.81. The molecule has 0 aliphatic carbocycles. The average Bonchev–Trinajstić information content (AvgIpc) is 3.23. The van der Waals surface area contributed by atoms with Gasteiger partial charge in [-0.25, -0.2) is 9.97 Å². The Morgan fingerprint density at radius 2 is 1.72 bits per heavy atom. The van der Waals surface area contributed by atoms with Crippen LogP contribution in [-0.2, 0) is 19.5 Å². The van der Waals surface area contributed by atoms with E-state index >= 15 is 0 Å². The number of hydrogen-bond acceptors (Lipinski definition) is 5. The molecule has 0 unspecified atom stereocenters. The minimum absolute atomic E-state index is 0.842. The molecular weight excluding hydrogens is 376 g/mol. The Morgan fingerprint density at radius 3 is 2.62 bits per heavy atom. The lowest BCUT2D eigenvalue weighted by Crippen LogP contribution is -2.30. The summed E-state index contributed by atoms with van der Waals surface area (Å²) in [6, 6.07) is 25.2. The molecular formula is C24H22N4S. The first kappa shape index (κ1) is 18.0. The Labute approximate surface area is 174 Å². The third-order valence-corrected chi connectivity index (χ3v) is 6.16. The van der Waals surface area contributed by atoms with Crippen molar-refractivity contribution in [3.63, 3.8) is 0 Å². The van der Waals surface area contributed by atoms with E-state index in [4.69, 9.17) is 4.98 Å². The summed E-state index contributed by atoms with van der Waals surface area (Å²) in [5.41, 5.74) is 5.17. The average molecular weight is 399 g/mol. The molecule has 5 rings (SSSR count). The number of benzene rings is 2. The summed E-state index contributed by atoms with van der Waals surface area (Å²) in [6.07, 6.45) is 3.02. The fraction of sp³-hybridized carbons (Fsp3) is 0.167. The molecule has 29 heavy (non-hydrogen) atoms. The van der Waals surface area contributed by atoms with E-state index in [9.17, 15) is 0 Å². The third kappa shape index (κ3) is 4.21. The van der Waals surface area contributed by atoms with Crippen molar-refractivity contribution < 1.29 is 0 Å². The van der Waals surface area contributed by atoms with E-state index in [1.54, 1.807) is 11.3 Å². The summed E-state index contributed by atoms with van der Waals surface area (Å²) < 4.78 is 0. The fourth-order valence-corrected chi connectivity index (χ4v) is 4.56. The Morgan fingerprint density at radius 1 is 0.897 bits per heavy atom. The largest absolute Gasteiger partial charge is 0.316 e. The smallest absolute Gasteiger partial charge is 0.188 e. The maximum Gasteiger partial charge on any atom is 0.188 e. The summed E-state index contributed by atoms with van der Waals surface area (Å²) >= 11 is 1.64. The van der Waals surface area contributed by atoms with Crippen molar-refractivity contribution in [3.05, 3.63) is 95.8 Å². The van der Waals surface area contributed by atoms with Crippen molar-refractivity contribution in [1.82, 2.24) is 14.9 Å². The number of aromatic nitrogens is 2. The fourth-order valence-electron chi connectivity index (χ4n) is 3.73. The van der Waals surface area contributed by atoms with Crippen LogP contribution in [0, 0.1) is 0 Å². The van der Waals surface area contributed by atoms with Crippen LogP contribution in [-0.4, -0.2) is 21.4 Å². The number of thiazole rings is 1. The molecule has 3 heterocycles. The summed E-state index contributed by atoms with van der Waals surface area (Å²) in [7, 11) is 0. The van der Waals surface area contributed by atoms with E-state index in [-0.39, 0.29) is 0 Å².